The summed E-state index contributed by atoms with van der Waals surface area (Å²) in [5.41, 5.74) is 7.47. The molecule has 0 fully saturated rings. The molecule has 0 atom stereocenters. The quantitative estimate of drug-likeness (QED) is 0.392. The molecule has 20 heavy (non-hydrogen) atoms. The summed E-state index contributed by atoms with van der Waals surface area (Å²) in [5.74, 6) is -1.93. The number of amidine groups is 1. The minimum atomic E-state index is -0.788. The lowest BCUT2D eigenvalue weighted by Crippen LogP contribution is -2.21. The molecule has 0 saturated heterocycles. The molecule has 0 aliphatic rings. The maximum absolute atomic E-state index is 14.0. The molecule has 1 aromatic carbocycles. The summed E-state index contributed by atoms with van der Waals surface area (Å²) in [5, 5.41) is 13.0. The van der Waals surface area contributed by atoms with Gasteiger partial charge in [0.15, 0.2) is 5.84 Å². The largest absolute Gasteiger partial charge is 0.409 e. The van der Waals surface area contributed by atoms with Crippen molar-refractivity contribution < 1.29 is 14.0 Å². The van der Waals surface area contributed by atoms with Crippen molar-refractivity contribution in [1.82, 2.24) is 4.98 Å². The number of oxime groups is 1. The minimum absolute atomic E-state index is 0.0201. The molecular weight excluding hydrogens is 286 g/mol. The van der Waals surface area contributed by atoms with E-state index in [1.807, 2.05) is 0 Å². The van der Waals surface area contributed by atoms with Crippen LogP contribution < -0.4 is 10.6 Å². The van der Waals surface area contributed by atoms with Crippen LogP contribution in [0.5, 0.6) is 0 Å². The fourth-order valence-electron chi connectivity index (χ4n) is 1.77. The van der Waals surface area contributed by atoms with Gasteiger partial charge in [0.2, 0.25) is 0 Å². The molecule has 0 unspecified atom stereocenters. The minimum Gasteiger partial charge on any atom is -0.409 e. The molecule has 0 saturated carbocycles. The van der Waals surface area contributed by atoms with E-state index in [1.165, 1.54) is 16.2 Å². The van der Waals surface area contributed by atoms with Gasteiger partial charge in [0.25, 0.3) is 0 Å². The normalized spacial score (nSPS) is 11.7. The highest BCUT2D eigenvalue weighted by Crippen LogP contribution is 2.25. The lowest BCUT2D eigenvalue weighted by Gasteiger charge is -2.20. The first kappa shape index (κ1) is 14.2. The Bertz CT molecular complexity index is 607. The van der Waals surface area contributed by atoms with E-state index < -0.39 is 11.6 Å². The molecule has 1 aromatic heterocycles. The summed E-state index contributed by atoms with van der Waals surface area (Å²) >= 11 is 1.41. The Morgan fingerprint density at radius 3 is 2.60 bits per heavy atom. The van der Waals surface area contributed by atoms with Gasteiger partial charge in [0, 0.05) is 18.0 Å². The summed E-state index contributed by atoms with van der Waals surface area (Å²) in [6, 6.07) is 2.04. The van der Waals surface area contributed by atoms with Crippen LogP contribution >= 0.6 is 11.3 Å². The van der Waals surface area contributed by atoms with Crippen LogP contribution in [0, 0.1) is 11.6 Å². The van der Waals surface area contributed by atoms with Gasteiger partial charge in [-0.05, 0) is 12.1 Å². The van der Waals surface area contributed by atoms with Gasteiger partial charge in [-0.3, -0.25) is 0 Å². The lowest BCUT2D eigenvalue weighted by atomic mass is 10.1. The van der Waals surface area contributed by atoms with Gasteiger partial charge in [-0.2, -0.15) is 0 Å². The van der Waals surface area contributed by atoms with E-state index >= 15 is 0 Å². The zero-order valence-corrected chi connectivity index (χ0v) is 11.4. The third-order valence-electron chi connectivity index (χ3n) is 2.68. The van der Waals surface area contributed by atoms with Crippen LogP contribution in [0.25, 0.3) is 0 Å². The van der Waals surface area contributed by atoms with Gasteiger partial charge >= 0.3 is 0 Å². The number of halogens is 2. The number of anilines is 1. The predicted molar refractivity (Wildman–Crippen MR) is 73.1 cm³/mol. The maximum atomic E-state index is 14.0. The van der Waals surface area contributed by atoms with Gasteiger partial charge in [-0.25, -0.2) is 13.8 Å². The average molecular weight is 298 g/mol. The van der Waals surface area contributed by atoms with Crippen LogP contribution in [-0.2, 0) is 6.54 Å². The van der Waals surface area contributed by atoms with Crippen molar-refractivity contribution in [2.24, 2.45) is 10.9 Å². The average Bonchev–Trinajstić information content (AvgIpc) is 2.89. The number of hydrogen-bond acceptors (Lipinski definition) is 5. The van der Waals surface area contributed by atoms with Crippen LogP contribution in [-0.4, -0.2) is 23.1 Å². The molecule has 0 radical (unpaired) electrons. The molecule has 5 nitrogen and oxygen atoms in total. The smallest absolute Gasteiger partial charge is 0.170 e. The number of nitrogens with zero attached hydrogens (tertiary/aromatic N) is 3. The van der Waals surface area contributed by atoms with Crippen molar-refractivity contribution in [3.05, 3.63) is 45.9 Å². The predicted octanol–water partition coefficient (Wildman–Crippen LogP) is 2.15. The highest BCUT2D eigenvalue weighted by atomic mass is 32.1. The highest BCUT2D eigenvalue weighted by Gasteiger charge is 2.17. The summed E-state index contributed by atoms with van der Waals surface area (Å²) in [4.78, 5) is 5.47. The molecule has 0 aliphatic carbocycles. The molecule has 0 bridgehead atoms. The molecule has 1 heterocycles. The number of benzene rings is 1. The fourth-order valence-corrected chi connectivity index (χ4v) is 2.32. The van der Waals surface area contributed by atoms with Gasteiger partial charge in [0.1, 0.15) is 17.3 Å². The first-order chi connectivity index (χ1) is 9.52. The Labute approximate surface area is 118 Å². The Morgan fingerprint density at radius 2 is 2.10 bits per heavy atom. The topological polar surface area (TPSA) is 74.7 Å². The van der Waals surface area contributed by atoms with Crippen LogP contribution in [0.2, 0.25) is 0 Å². The van der Waals surface area contributed by atoms with Crippen molar-refractivity contribution in [3.8, 4) is 0 Å². The van der Waals surface area contributed by atoms with Gasteiger partial charge < -0.3 is 15.8 Å². The summed E-state index contributed by atoms with van der Waals surface area (Å²) in [7, 11) is 1.56. The third kappa shape index (κ3) is 2.85. The maximum Gasteiger partial charge on any atom is 0.170 e. The zero-order valence-electron chi connectivity index (χ0n) is 10.5. The van der Waals surface area contributed by atoms with E-state index in [9.17, 15) is 8.78 Å². The molecule has 2 rings (SSSR count). The van der Waals surface area contributed by atoms with Crippen LogP contribution in [0.15, 0.2) is 28.2 Å². The van der Waals surface area contributed by atoms with Crippen molar-refractivity contribution in [2.45, 2.75) is 6.54 Å². The molecule has 8 heteroatoms. The van der Waals surface area contributed by atoms with E-state index in [2.05, 4.69) is 10.1 Å². The first-order valence-electron chi connectivity index (χ1n) is 5.58. The molecule has 106 valence electrons. The molecular formula is C12H12F2N4OS. The highest BCUT2D eigenvalue weighted by molar-refractivity contribution is 7.07. The summed E-state index contributed by atoms with van der Waals surface area (Å²) in [6.45, 7) is 0.278. The van der Waals surface area contributed by atoms with Crippen LogP contribution in [0.1, 0.15) is 11.3 Å². The van der Waals surface area contributed by atoms with Gasteiger partial charge in [-0.1, -0.05) is 5.16 Å². The number of hydrogen-bond donors (Lipinski definition) is 2. The molecule has 2 aromatic rings. The van der Waals surface area contributed by atoms with Crippen molar-refractivity contribution in [2.75, 3.05) is 11.9 Å². The van der Waals surface area contributed by atoms with Crippen molar-refractivity contribution in [1.29, 1.82) is 0 Å². The van der Waals surface area contributed by atoms with E-state index in [-0.39, 0.29) is 23.6 Å². The molecule has 3 N–H and O–H groups in total. The monoisotopic (exact) mass is 298 g/mol. The van der Waals surface area contributed by atoms with Crippen molar-refractivity contribution >= 4 is 22.9 Å². The number of aromatic nitrogens is 1. The molecule has 0 amide bonds. The van der Waals surface area contributed by atoms with Gasteiger partial charge in [0.05, 0.1) is 17.7 Å². The SMILES string of the molecule is CN(Cc1cscn1)c1c(F)cc(C(N)=NO)cc1F. The van der Waals surface area contributed by atoms with Crippen molar-refractivity contribution in [3.63, 3.8) is 0 Å². The Morgan fingerprint density at radius 1 is 1.45 bits per heavy atom. The van der Waals surface area contributed by atoms with Crippen LogP contribution in [0.3, 0.4) is 0 Å². The van der Waals surface area contributed by atoms with E-state index in [0.29, 0.717) is 0 Å². The fraction of sp³-hybridized carbons (Fsp3) is 0.167. The second-order valence-electron chi connectivity index (χ2n) is 4.11. The number of nitrogens with two attached hydrogens (primary N) is 1. The van der Waals surface area contributed by atoms with Gasteiger partial charge in [-0.15, -0.1) is 11.3 Å². The Balaban J connectivity index is 2.32. The van der Waals surface area contributed by atoms with E-state index in [0.717, 1.165) is 17.8 Å². The summed E-state index contributed by atoms with van der Waals surface area (Å²) in [6.07, 6.45) is 0. The Kier molecular flexibility index (Phi) is 4.14. The first-order valence-corrected chi connectivity index (χ1v) is 6.52. The zero-order chi connectivity index (χ0) is 14.7. The second kappa shape index (κ2) is 5.83. The number of thiazole rings is 1. The molecule has 0 spiro atoms. The molecule has 0 aliphatic heterocycles. The number of rotatable bonds is 4. The third-order valence-corrected chi connectivity index (χ3v) is 3.32. The lowest BCUT2D eigenvalue weighted by molar-refractivity contribution is 0.318. The standard InChI is InChI=1S/C12H12F2N4OS/c1-18(4-8-5-20-6-16-8)11-9(13)2-7(3-10(11)14)12(15)17-19/h2-3,5-6,19H,4H2,1H3,(H2,15,17). The second-order valence-corrected chi connectivity index (χ2v) is 4.83. The van der Waals surface area contributed by atoms with Crippen LogP contribution in [0.4, 0.5) is 14.5 Å². The van der Waals surface area contributed by atoms with E-state index in [4.69, 9.17) is 10.9 Å². The Hall–Kier alpha value is -2.22. The summed E-state index contributed by atoms with van der Waals surface area (Å²) < 4.78 is 28.0. The van der Waals surface area contributed by atoms with E-state index in [1.54, 1.807) is 17.9 Å².